The van der Waals surface area contributed by atoms with Crippen molar-refractivity contribution in [1.82, 2.24) is 9.13 Å². The molecule has 1 aromatic rings. The van der Waals surface area contributed by atoms with Crippen LogP contribution in [0.15, 0.2) is 9.59 Å². The molecule has 3 rings (SSSR count). The van der Waals surface area contributed by atoms with Gasteiger partial charge in [0.1, 0.15) is 11.9 Å². The summed E-state index contributed by atoms with van der Waals surface area (Å²) in [6.45, 7) is 6.11. The number of fused-ring (bicyclic) bond motifs is 1. The van der Waals surface area contributed by atoms with E-state index in [1.54, 1.807) is 7.05 Å². The lowest BCUT2D eigenvalue weighted by Crippen LogP contribution is -2.43. The van der Waals surface area contributed by atoms with Crippen molar-refractivity contribution in [3.05, 3.63) is 26.4 Å². The van der Waals surface area contributed by atoms with Crippen molar-refractivity contribution in [1.29, 1.82) is 5.26 Å². The highest BCUT2D eigenvalue weighted by atomic mass is 16.2. The molecule has 0 aromatic carbocycles. The van der Waals surface area contributed by atoms with E-state index in [1.807, 2.05) is 11.0 Å². The first-order valence-corrected chi connectivity index (χ1v) is 6.75. The molecule has 1 saturated heterocycles. The van der Waals surface area contributed by atoms with Crippen LogP contribution in [0.3, 0.4) is 0 Å². The highest BCUT2D eigenvalue weighted by molar-refractivity contribution is 5.55. The molecule has 0 N–H and O–H groups in total. The van der Waals surface area contributed by atoms with E-state index in [1.165, 1.54) is 11.6 Å². The molecule has 0 spiro atoms. The lowest BCUT2D eigenvalue weighted by Gasteiger charge is -2.26. The van der Waals surface area contributed by atoms with Crippen LogP contribution in [-0.2, 0) is 14.1 Å². The third kappa shape index (κ3) is 1.43. The fourth-order valence-corrected chi connectivity index (χ4v) is 3.61. The SMILES string of the molecule is Cn1c(N2CC3C(C2)C3(C)C)c(C#N)c(=O)n(C)c1=O. The molecule has 1 aliphatic heterocycles. The second-order valence-corrected chi connectivity index (χ2v) is 6.46. The van der Waals surface area contributed by atoms with Crippen molar-refractivity contribution < 1.29 is 0 Å². The van der Waals surface area contributed by atoms with E-state index in [0.717, 1.165) is 17.7 Å². The van der Waals surface area contributed by atoms with Crippen LogP contribution < -0.4 is 16.1 Å². The van der Waals surface area contributed by atoms with Gasteiger partial charge in [-0.1, -0.05) is 13.8 Å². The Kier molecular flexibility index (Phi) is 2.43. The molecular weight excluding hydrogens is 256 g/mol. The summed E-state index contributed by atoms with van der Waals surface area (Å²) in [5.41, 5.74) is -0.481. The monoisotopic (exact) mass is 274 g/mol. The largest absolute Gasteiger partial charge is 0.356 e. The van der Waals surface area contributed by atoms with Crippen molar-refractivity contribution in [3.63, 3.8) is 0 Å². The van der Waals surface area contributed by atoms with Crippen LogP contribution in [0, 0.1) is 28.6 Å². The lowest BCUT2D eigenvalue weighted by molar-refractivity contribution is 0.493. The van der Waals surface area contributed by atoms with Crippen LogP contribution in [0.5, 0.6) is 0 Å². The Morgan fingerprint density at radius 1 is 1.15 bits per heavy atom. The van der Waals surface area contributed by atoms with Gasteiger partial charge in [-0.05, 0) is 17.3 Å². The molecule has 0 radical (unpaired) electrons. The van der Waals surface area contributed by atoms with E-state index in [2.05, 4.69) is 13.8 Å². The second kappa shape index (κ2) is 3.75. The van der Waals surface area contributed by atoms with Gasteiger partial charge in [0, 0.05) is 27.2 Å². The van der Waals surface area contributed by atoms with Crippen LogP contribution in [0.2, 0.25) is 0 Å². The zero-order valence-corrected chi connectivity index (χ0v) is 12.2. The van der Waals surface area contributed by atoms with Crippen molar-refractivity contribution >= 4 is 5.82 Å². The topological polar surface area (TPSA) is 71.0 Å². The minimum atomic E-state index is -0.509. The van der Waals surface area contributed by atoms with E-state index in [4.69, 9.17) is 0 Å². The van der Waals surface area contributed by atoms with Crippen LogP contribution >= 0.6 is 0 Å². The first kappa shape index (κ1) is 13.0. The minimum absolute atomic E-state index is 0.0636. The van der Waals surface area contributed by atoms with Gasteiger partial charge in [-0.15, -0.1) is 0 Å². The average molecular weight is 274 g/mol. The van der Waals surface area contributed by atoms with Gasteiger partial charge in [0.05, 0.1) is 0 Å². The van der Waals surface area contributed by atoms with Crippen molar-refractivity contribution in [2.24, 2.45) is 31.3 Å². The van der Waals surface area contributed by atoms with Gasteiger partial charge in [0.25, 0.3) is 5.56 Å². The van der Waals surface area contributed by atoms with Crippen molar-refractivity contribution in [2.75, 3.05) is 18.0 Å². The number of aromatic nitrogens is 2. The highest BCUT2D eigenvalue weighted by Crippen LogP contribution is 2.62. The first-order chi connectivity index (χ1) is 9.30. The van der Waals surface area contributed by atoms with E-state index in [0.29, 0.717) is 23.1 Å². The van der Waals surface area contributed by atoms with Gasteiger partial charge in [-0.3, -0.25) is 13.9 Å². The smallest absolute Gasteiger partial charge is 0.332 e. The van der Waals surface area contributed by atoms with Gasteiger partial charge >= 0.3 is 5.69 Å². The maximum Gasteiger partial charge on any atom is 0.332 e. The highest BCUT2D eigenvalue weighted by Gasteiger charge is 2.62. The Hall–Kier alpha value is -2.03. The predicted octanol–water partition coefficient (Wildman–Crippen LogP) is 0.0479. The number of nitriles is 1. The van der Waals surface area contributed by atoms with Gasteiger partial charge < -0.3 is 4.90 Å². The normalized spacial score (nSPS) is 26.2. The molecule has 0 amide bonds. The van der Waals surface area contributed by atoms with E-state index < -0.39 is 5.56 Å². The molecule has 6 nitrogen and oxygen atoms in total. The molecule has 1 saturated carbocycles. The molecule has 1 aromatic heterocycles. The third-order valence-electron chi connectivity index (χ3n) is 5.17. The molecule has 6 heteroatoms. The van der Waals surface area contributed by atoms with E-state index >= 15 is 0 Å². The van der Waals surface area contributed by atoms with Gasteiger partial charge in [0.2, 0.25) is 0 Å². The maximum atomic E-state index is 12.1. The molecule has 2 unspecified atom stereocenters. The number of piperidine rings is 1. The summed E-state index contributed by atoms with van der Waals surface area (Å²) in [5.74, 6) is 1.66. The fraction of sp³-hybridized carbons (Fsp3) is 0.643. The van der Waals surface area contributed by atoms with Gasteiger partial charge in [-0.25, -0.2) is 4.79 Å². The summed E-state index contributed by atoms with van der Waals surface area (Å²) in [5, 5.41) is 9.27. The fourth-order valence-electron chi connectivity index (χ4n) is 3.61. The molecular formula is C14H18N4O2. The summed E-state index contributed by atoms with van der Waals surface area (Å²) in [4.78, 5) is 26.1. The molecule has 20 heavy (non-hydrogen) atoms. The molecule has 0 bridgehead atoms. The maximum absolute atomic E-state index is 12.1. The number of anilines is 1. The summed E-state index contributed by atoms with van der Waals surface area (Å²) in [6.07, 6.45) is 0. The van der Waals surface area contributed by atoms with Crippen LogP contribution in [0.4, 0.5) is 5.82 Å². The Morgan fingerprint density at radius 2 is 1.70 bits per heavy atom. The summed E-state index contributed by atoms with van der Waals surface area (Å²) in [7, 11) is 3.02. The zero-order chi connectivity index (χ0) is 14.8. The minimum Gasteiger partial charge on any atom is -0.356 e. The molecule has 2 aliphatic rings. The number of nitrogens with zero attached hydrogens (tertiary/aromatic N) is 4. The summed E-state index contributed by atoms with van der Waals surface area (Å²) >= 11 is 0. The Morgan fingerprint density at radius 3 is 2.20 bits per heavy atom. The quantitative estimate of drug-likeness (QED) is 0.725. The first-order valence-electron chi connectivity index (χ1n) is 6.75. The van der Waals surface area contributed by atoms with Crippen molar-refractivity contribution in [2.45, 2.75) is 13.8 Å². The number of hydrogen-bond acceptors (Lipinski definition) is 4. The Bertz CT molecular complexity index is 736. The third-order valence-corrected chi connectivity index (χ3v) is 5.17. The molecule has 1 aliphatic carbocycles. The Balaban J connectivity index is 2.11. The predicted molar refractivity (Wildman–Crippen MR) is 74.6 cm³/mol. The molecule has 106 valence electrons. The zero-order valence-electron chi connectivity index (χ0n) is 12.2. The van der Waals surface area contributed by atoms with E-state index in [-0.39, 0.29) is 11.3 Å². The second-order valence-electron chi connectivity index (χ2n) is 6.46. The molecule has 2 heterocycles. The van der Waals surface area contributed by atoms with E-state index in [9.17, 15) is 14.9 Å². The van der Waals surface area contributed by atoms with Crippen molar-refractivity contribution in [3.8, 4) is 6.07 Å². The number of rotatable bonds is 1. The standard InChI is InChI=1S/C14H18N4O2/c1-14(2)9-6-18(7-10(9)14)11-8(5-15)12(19)17(4)13(20)16(11)3/h9-10H,6-7H2,1-4H3. The lowest BCUT2D eigenvalue weighted by atomic mass is 10.1. The van der Waals surface area contributed by atoms with Gasteiger partial charge in [0.15, 0.2) is 5.56 Å². The van der Waals surface area contributed by atoms with Crippen LogP contribution in [0.25, 0.3) is 0 Å². The van der Waals surface area contributed by atoms with Crippen LogP contribution in [-0.4, -0.2) is 22.2 Å². The summed E-state index contributed by atoms with van der Waals surface area (Å²) < 4.78 is 2.40. The summed E-state index contributed by atoms with van der Waals surface area (Å²) in [6, 6.07) is 1.97. The average Bonchev–Trinajstić information content (AvgIpc) is 2.81. The Labute approximate surface area is 116 Å². The number of hydrogen-bond donors (Lipinski definition) is 0. The molecule has 2 fully saturated rings. The van der Waals surface area contributed by atoms with Crippen LogP contribution in [0.1, 0.15) is 19.4 Å². The van der Waals surface area contributed by atoms with Gasteiger partial charge in [-0.2, -0.15) is 5.26 Å². The molecule has 2 atom stereocenters.